The molecule has 7 nitrogen and oxygen atoms in total. The van der Waals surface area contributed by atoms with Crippen LogP contribution in [0.2, 0.25) is 0 Å². The Balaban J connectivity index is 1.96. The largest absolute Gasteiger partial charge is 0.492 e. The first-order valence-corrected chi connectivity index (χ1v) is 7.78. The van der Waals surface area contributed by atoms with E-state index in [1.165, 1.54) is 23.8 Å². The fourth-order valence-electron chi connectivity index (χ4n) is 2.20. The number of benzene rings is 1. The van der Waals surface area contributed by atoms with E-state index in [1.807, 2.05) is 6.92 Å². The quantitative estimate of drug-likeness (QED) is 0.616. The highest BCUT2D eigenvalue weighted by atomic mass is 16.5. The van der Waals surface area contributed by atoms with Gasteiger partial charge in [0.05, 0.1) is 12.3 Å². The van der Waals surface area contributed by atoms with Crippen molar-refractivity contribution in [1.29, 1.82) is 0 Å². The maximum absolute atomic E-state index is 12.1. The molecule has 0 aliphatic rings. The first-order chi connectivity index (χ1) is 11.9. The number of Topliss-reactive ketones (excluding diaryl/α,β-unsaturated/α-hetero) is 1. The molecule has 0 aliphatic carbocycles. The SMILES string of the molecule is CCOc1ccccc1NC(=O)COC(=O)c1cc(C(C)=O)cn1C. The number of carbonyl (C=O) groups is 3. The lowest BCUT2D eigenvalue weighted by atomic mass is 10.2. The van der Waals surface area contributed by atoms with Gasteiger partial charge in [0.15, 0.2) is 12.4 Å². The maximum atomic E-state index is 12.1. The van der Waals surface area contributed by atoms with Crippen molar-refractivity contribution in [2.45, 2.75) is 13.8 Å². The van der Waals surface area contributed by atoms with E-state index in [0.717, 1.165) is 0 Å². The number of hydrogen-bond acceptors (Lipinski definition) is 5. The number of nitrogens with zero attached hydrogens (tertiary/aromatic N) is 1. The predicted molar refractivity (Wildman–Crippen MR) is 91.9 cm³/mol. The van der Waals surface area contributed by atoms with Gasteiger partial charge in [-0.05, 0) is 32.0 Å². The summed E-state index contributed by atoms with van der Waals surface area (Å²) in [6.45, 7) is 3.27. The molecule has 0 aliphatic heterocycles. The van der Waals surface area contributed by atoms with Gasteiger partial charge in [-0.1, -0.05) is 12.1 Å². The number of para-hydroxylation sites is 2. The number of esters is 1. The molecule has 0 unspecified atom stereocenters. The Morgan fingerprint density at radius 1 is 1.20 bits per heavy atom. The van der Waals surface area contributed by atoms with Gasteiger partial charge in [-0.25, -0.2) is 4.79 Å². The molecular weight excluding hydrogens is 324 g/mol. The lowest BCUT2D eigenvalue weighted by molar-refractivity contribution is -0.119. The molecule has 0 saturated carbocycles. The molecule has 1 heterocycles. The van der Waals surface area contributed by atoms with Crippen molar-refractivity contribution >= 4 is 23.3 Å². The average Bonchev–Trinajstić information content (AvgIpc) is 2.97. The fourth-order valence-corrected chi connectivity index (χ4v) is 2.20. The second-order valence-corrected chi connectivity index (χ2v) is 5.33. The van der Waals surface area contributed by atoms with Gasteiger partial charge >= 0.3 is 5.97 Å². The Labute approximate surface area is 145 Å². The Morgan fingerprint density at radius 3 is 2.56 bits per heavy atom. The topological polar surface area (TPSA) is 86.6 Å². The second kappa shape index (κ2) is 8.14. The number of ketones is 1. The van der Waals surface area contributed by atoms with E-state index in [4.69, 9.17) is 9.47 Å². The van der Waals surface area contributed by atoms with Crippen LogP contribution in [-0.4, -0.2) is 35.4 Å². The van der Waals surface area contributed by atoms with E-state index < -0.39 is 18.5 Å². The summed E-state index contributed by atoms with van der Waals surface area (Å²) in [6.07, 6.45) is 1.54. The molecule has 0 saturated heterocycles. The van der Waals surface area contributed by atoms with E-state index in [-0.39, 0.29) is 11.5 Å². The smallest absolute Gasteiger partial charge is 0.355 e. The normalized spacial score (nSPS) is 10.2. The van der Waals surface area contributed by atoms with Crippen LogP contribution in [0.1, 0.15) is 34.7 Å². The zero-order valence-electron chi connectivity index (χ0n) is 14.4. The van der Waals surface area contributed by atoms with Crippen LogP contribution in [0.25, 0.3) is 0 Å². The summed E-state index contributed by atoms with van der Waals surface area (Å²) in [5.74, 6) is -0.775. The number of carbonyl (C=O) groups excluding carboxylic acids is 3. The van der Waals surface area contributed by atoms with Crippen molar-refractivity contribution in [2.75, 3.05) is 18.5 Å². The molecule has 25 heavy (non-hydrogen) atoms. The maximum Gasteiger partial charge on any atom is 0.355 e. The Bertz CT molecular complexity index is 795. The monoisotopic (exact) mass is 344 g/mol. The highest BCUT2D eigenvalue weighted by Gasteiger charge is 2.17. The molecule has 1 amide bonds. The average molecular weight is 344 g/mol. The van der Waals surface area contributed by atoms with E-state index in [0.29, 0.717) is 23.6 Å². The van der Waals surface area contributed by atoms with E-state index >= 15 is 0 Å². The number of rotatable bonds is 7. The van der Waals surface area contributed by atoms with Crippen LogP contribution in [0.4, 0.5) is 5.69 Å². The first-order valence-electron chi connectivity index (χ1n) is 7.78. The minimum Gasteiger partial charge on any atom is -0.492 e. The fraction of sp³-hybridized carbons (Fsp3) is 0.278. The number of amides is 1. The standard InChI is InChI=1S/C18H20N2O5/c1-4-24-16-8-6-5-7-14(16)19-17(22)11-25-18(23)15-9-13(12(2)21)10-20(15)3/h5-10H,4,11H2,1-3H3,(H,19,22). The summed E-state index contributed by atoms with van der Waals surface area (Å²) < 4.78 is 11.9. The number of aryl methyl sites for hydroxylation is 1. The van der Waals surface area contributed by atoms with Gasteiger partial charge in [-0.15, -0.1) is 0 Å². The minimum atomic E-state index is -0.678. The lowest BCUT2D eigenvalue weighted by Gasteiger charge is -2.11. The summed E-state index contributed by atoms with van der Waals surface area (Å²) in [4.78, 5) is 35.4. The zero-order chi connectivity index (χ0) is 18.4. The van der Waals surface area contributed by atoms with Crippen LogP contribution in [-0.2, 0) is 16.6 Å². The van der Waals surface area contributed by atoms with E-state index in [9.17, 15) is 14.4 Å². The third-order valence-electron chi connectivity index (χ3n) is 3.42. The summed E-state index contributed by atoms with van der Waals surface area (Å²) in [6, 6.07) is 8.42. The molecule has 1 aromatic carbocycles. The van der Waals surface area contributed by atoms with Crippen molar-refractivity contribution in [1.82, 2.24) is 4.57 Å². The molecule has 0 atom stereocenters. The summed E-state index contributed by atoms with van der Waals surface area (Å²) in [7, 11) is 1.63. The second-order valence-electron chi connectivity index (χ2n) is 5.33. The molecule has 2 rings (SSSR count). The summed E-state index contributed by atoms with van der Waals surface area (Å²) in [5.41, 5.74) is 1.11. The predicted octanol–water partition coefficient (Wildman–Crippen LogP) is 2.42. The number of ether oxygens (including phenoxy) is 2. The minimum absolute atomic E-state index is 0.153. The first kappa shape index (κ1) is 18.3. The zero-order valence-corrected chi connectivity index (χ0v) is 14.4. The van der Waals surface area contributed by atoms with Gasteiger partial charge in [0.1, 0.15) is 11.4 Å². The molecule has 7 heteroatoms. The van der Waals surface area contributed by atoms with Crippen molar-refractivity contribution in [3.63, 3.8) is 0 Å². The summed E-state index contributed by atoms with van der Waals surface area (Å²) >= 11 is 0. The Kier molecular flexibility index (Phi) is 5.94. The third kappa shape index (κ3) is 4.69. The van der Waals surface area contributed by atoms with E-state index in [2.05, 4.69) is 5.32 Å². The molecule has 1 aromatic heterocycles. The van der Waals surface area contributed by atoms with Crippen molar-refractivity contribution in [3.05, 3.63) is 47.8 Å². The van der Waals surface area contributed by atoms with Crippen molar-refractivity contribution in [3.8, 4) is 5.75 Å². The number of nitrogens with one attached hydrogen (secondary N) is 1. The Morgan fingerprint density at radius 2 is 1.92 bits per heavy atom. The van der Waals surface area contributed by atoms with Crippen LogP contribution in [0.15, 0.2) is 36.5 Å². The van der Waals surface area contributed by atoms with Crippen molar-refractivity contribution < 1.29 is 23.9 Å². The molecule has 0 radical (unpaired) electrons. The van der Waals surface area contributed by atoms with Crippen LogP contribution in [0, 0.1) is 0 Å². The summed E-state index contributed by atoms with van der Waals surface area (Å²) in [5, 5.41) is 2.64. The Hall–Kier alpha value is -3.09. The van der Waals surface area contributed by atoms with Gasteiger partial charge in [0.2, 0.25) is 0 Å². The van der Waals surface area contributed by atoms with Gasteiger partial charge in [-0.2, -0.15) is 0 Å². The van der Waals surface area contributed by atoms with E-state index in [1.54, 1.807) is 31.3 Å². The molecule has 1 N–H and O–H groups in total. The number of hydrogen-bond donors (Lipinski definition) is 1. The molecular formula is C18H20N2O5. The third-order valence-corrected chi connectivity index (χ3v) is 3.42. The number of anilines is 1. The van der Waals surface area contributed by atoms with Crippen LogP contribution >= 0.6 is 0 Å². The van der Waals surface area contributed by atoms with Crippen LogP contribution < -0.4 is 10.1 Å². The highest BCUT2D eigenvalue weighted by molar-refractivity contribution is 5.99. The lowest BCUT2D eigenvalue weighted by Crippen LogP contribution is -2.22. The van der Waals surface area contributed by atoms with Gasteiger partial charge < -0.3 is 19.4 Å². The number of aromatic nitrogens is 1. The molecule has 0 spiro atoms. The molecule has 132 valence electrons. The molecule has 2 aromatic rings. The highest BCUT2D eigenvalue weighted by Crippen LogP contribution is 2.23. The molecule has 0 bridgehead atoms. The van der Waals surface area contributed by atoms with Gasteiger partial charge in [-0.3, -0.25) is 9.59 Å². The van der Waals surface area contributed by atoms with Crippen LogP contribution in [0.5, 0.6) is 5.75 Å². The van der Waals surface area contributed by atoms with Gasteiger partial charge in [0, 0.05) is 18.8 Å². The van der Waals surface area contributed by atoms with Crippen LogP contribution in [0.3, 0.4) is 0 Å². The van der Waals surface area contributed by atoms with Gasteiger partial charge in [0.25, 0.3) is 5.91 Å². The molecule has 0 fully saturated rings. The van der Waals surface area contributed by atoms with Crippen molar-refractivity contribution in [2.24, 2.45) is 7.05 Å².